The van der Waals surface area contributed by atoms with Gasteiger partial charge < -0.3 is 0 Å². The van der Waals surface area contributed by atoms with E-state index in [4.69, 9.17) is 0 Å². The van der Waals surface area contributed by atoms with Crippen molar-refractivity contribution < 1.29 is 4.58 Å². The molecule has 1 aliphatic rings. The van der Waals surface area contributed by atoms with Crippen molar-refractivity contribution in [3.8, 4) is 0 Å². The molecule has 0 atom stereocenters. The molecule has 1 fully saturated rings. The van der Waals surface area contributed by atoms with Gasteiger partial charge in [-0.2, -0.15) is 4.58 Å². The first-order valence-electron chi connectivity index (χ1n) is 3.67. The Balaban J connectivity index is 0.000000354. The van der Waals surface area contributed by atoms with Crippen LogP contribution in [0.5, 0.6) is 0 Å². The molecule has 2 radical (unpaired) electrons. The van der Waals surface area contributed by atoms with Crippen LogP contribution in [-0.2, 0) is 12.6 Å². The Hall–Kier alpha value is 2.21. The number of hydrogen-bond donors (Lipinski definition) is 1. The molecule has 12 heavy (non-hydrogen) atoms. The molecule has 6 heteroatoms. The summed E-state index contributed by atoms with van der Waals surface area (Å²) in [6.07, 6.45) is 4.01. The summed E-state index contributed by atoms with van der Waals surface area (Å²) in [6, 6.07) is 0. The summed E-state index contributed by atoms with van der Waals surface area (Å²) in [5, 5.41) is 0. The van der Waals surface area contributed by atoms with Gasteiger partial charge in [0.2, 0.25) is 0 Å². The second-order valence-electron chi connectivity index (χ2n) is 2.44. The molecular weight excluding hydrogens is 519 g/mol. The summed E-state index contributed by atoms with van der Waals surface area (Å²) >= 11 is 13.9. The van der Waals surface area contributed by atoms with Gasteiger partial charge in [0, 0.05) is 12.8 Å². The van der Waals surface area contributed by atoms with E-state index in [1.807, 2.05) is 0 Å². The van der Waals surface area contributed by atoms with Crippen molar-refractivity contribution in [2.75, 3.05) is 13.1 Å². The van der Waals surface area contributed by atoms with Crippen LogP contribution >= 0.6 is 37.1 Å². The number of piperidine rings is 1. The Morgan fingerprint density at radius 3 is 1.92 bits per heavy atom. The van der Waals surface area contributed by atoms with Gasteiger partial charge in [-0.3, -0.25) is 0 Å². The van der Waals surface area contributed by atoms with Crippen LogP contribution in [0.2, 0.25) is 0 Å². The van der Waals surface area contributed by atoms with Crippen molar-refractivity contribution in [1.82, 2.24) is 0 Å². The van der Waals surface area contributed by atoms with Crippen molar-refractivity contribution in [3.63, 3.8) is 0 Å². The van der Waals surface area contributed by atoms with Crippen LogP contribution in [0, 0.1) is 0 Å². The first kappa shape index (κ1) is 14.2. The Bertz CT molecular complexity index is 142. The maximum absolute atomic E-state index is 4.20. The molecule has 0 bridgehead atoms. The van der Waals surface area contributed by atoms with Crippen molar-refractivity contribution in [1.29, 1.82) is 0 Å². The van der Waals surface area contributed by atoms with E-state index in [0.29, 0.717) is 0 Å². The fourth-order valence-corrected chi connectivity index (χ4v) is 1.53. The summed E-state index contributed by atoms with van der Waals surface area (Å²) in [4.78, 5) is 0. The number of hydrogen-bond acceptors (Lipinski definition) is 0. The van der Waals surface area contributed by atoms with Crippen molar-refractivity contribution in [2.24, 2.45) is 0 Å². The minimum atomic E-state index is -0.208. The third kappa shape index (κ3) is 7.60. The van der Waals surface area contributed by atoms with Crippen molar-refractivity contribution in [2.45, 2.75) is 19.3 Å². The van der Waals surface area contributed by atoms with Crippen LogP contribution < -0.4 is 0 Å². The minimum absolute atomic E-state index is 0.208. The van der Waals surface area contributed by atoms with Crippen LogP contribution in [0.15, 0.2) is 0 Å². The number of thiol groups is 1. The molecule has 0 aliphatic carbocycles. The topological polar surface area (TPSA) is 3.01 Å². The molecule has 1 heterocycles. The van der Waals surface area contributed by atoms with Gasteiger partial charge in [-0.05, 0) is 19.0 Å². The number of rotatable bonds is 0. The molecule has 0 N–H and O–H groups in total. The summed E-state index contributed by atoms with van der Waals surface area (Å²) < 4.78 is 3.23. The number of nitrogens with zero attached hydrogens (tertiary/aromatic N) is 1. The van der Waals surface area contributed by atoms with Gasteiger partial charge in [-0.25, -0.2) is 0 Å². The van der Waals surface area contributed by atoms with Gasteiger partial charge >= 0.3 is 47.3 Å². The normalized spacial score (nSPS) is 16.5. The molecule has 0 amide bonds. The average molecular weight is 532 g/mol. The second-order valence-corrected chi connectivity index (χ2v) is 18.8. The molecule has 0 aromatic rings. The molecule has 1 nitrogen and oxygen atoms in total. The molecule has 70 valence electrons. The van der Waals surface area contributed by atoms with Crippen LogP contribution in [-0.4, -0.2) is 40.6 Å². The Kier molecular flexibility index (Phi) is 11.6. The van der Waals surface area contributed by atoms with Crippen molar-refractivity contribution in [3.05, 3.63) is 0 Å². The SMILES string of the molecule is SC([SH2+])=[N+]1CCCCC1.[Br][Bi+][Br]. The monoisotopic (exact) mass is 530 g/mol. The van der Waals surface area contributed by atoms with Gasteiger partial charge in [0.05, 0.1) is 12.6 Å². The van der Waals surface area contributed by atoms with Gasteiger partial charge in [0.1, 0.15) is 13.1 Å². The van der Waals surface area contributed by atoms with Crippen LogP contribution in [0.3, 0.4) is 0 Å². The van der Waals surface area contributed by atoms with E-state index in [2.05, 4.69) is 54.3 Å². The zero-order chi connectivity index (χ0) is 9.40. The Morgan fingerprint density at radius 2 is 1.67 bits per heavy atom. The zero-order valence-corrected chi connectivity index (χ0v) is 15.2. The first-order valence-corrected chi connectivity index (χ1v) is 19.7. The van der Waals surface area contributed by atoms with Crippen LogP contribution in [0.4, 0.5) is 0 Å². The summed E-state index contributed by atoms with van der Waals surface area (Å²) in [6.45, 7) is 2.34. The predicted octanol–water partition coefficient (Wildman–Crippen LogP) is 1.79. The fourth-order valence-electron chi connectivity index (χ4n) is 1.11. The van der Waals surface area contributed by atoms with E-state index in [1.54, 1.807) is 0 Å². The van der Waals surface area contributed by atoms with Crippen LogP contribution in [0.1, 0.15) is 19.3 Å². The maximum atomic E-state index is 4.20. The Labute approximate surface area is 108 Å². The van der Waals surface area contributed by atoms with E-state index in [1.165, 1.54) is 32.4 Å². The predicted molar refractivity (Wildman–Crippen MR) is 71.6 cm³/mol. The van der Waals surface area contributed by atoms with Gasteiger partial charge in [-0.15, -0.1) is 0 Å². The third-order valence-electron chi connectivity index (χ3n) is 1.66. The van der Waals surface area contributed by atoms with E-state index >= 15 is 0 Å². The molecule has 1 aliphatic heterocycles. The standard InChI is InChI=1S/C6H11NS2.Bi.2BrH/c8-6(9)7-4-2-1-3-5-7;;;/h1-5H2,(H,8,9);;2*1H/q;+3;;. The van der Waals surface area contributed by atoms with E-state index in [-0.39, 0.29) is 18.5 Å². The Morgan fingerprint density at radius 1 is 1.25 bits per heavy atom. The van der Waals surface area contributed by atoms with E-state index in [0.717, 1.165) is 4.38 Å². The first-order chi connectivity index (χ1) is 5.72. The van der Waals surface area contributed by atoms with Crippen molar-refractivity contribution >= 4 is 72.6 Å². The average Bonchev–Trinajstić information content (AvgIpc) is 2.07. The molecule has 1 rings (SSSR count). The second kappa shape index (κ2) is 9.76. The van der Waals surface area contributed by atoms with Crippen LogP contribution in [0.25, 0.3) is 0 Å². The third-order valence-corrected chi connectivity index (χ3v) is 2.25. The molecular formula is C6H13BiBr2NS2+3. The van der Waals surface area contributed by atoms with Gasteiger partial charge in [-0.1, -0.05) is 0 Å². The number of halogens is 2. The molecule has 0 aromatic carbocycles. The fraction of sp³-hybridized carbons (Fsp3) is 0.833. The molecule has 0 spiro atoms. The molecule has 0 unspecified atom stereocenters. The summed E-state index contributed by atoms with van der Waals surface area (Å²) in [5.41, 5.74) is 0. The molecule has 1 saturated heterocycles. The molecule has 0 aromatic heterocycles. The van der Waals surface area contributed by atoms with Gasteiger partial charge in [0.25, 0.3) is 0 Å². The van der Waals surface area contributed by atoms with E-state index < -0.39 is 0 Å². The zero-order valence-electron chi connectivity index (χ0n) is 6.63. The quantitative estimate of drug-likeness (QED) is 0.160. The summed E-state index contributed by atoms with van der Waals surface area (Å²) in [7, 11) is 0. The van der Waals surface area contributed by atoms with E-state index in [9.17, 15) is 0 Å². The summed E-state index contributed by atoms with van der Waals surface area (Å²) in [5.74, 6) is 0. The van der Waals surface area contributed by atoms with Gasteiger partial charge in [0.15, 0.2) is 0 Å². The molecule has 0 saturated carbocycles.